The normalized spacial score (nSPS) is 10.4. The Bertz CT molecular complexity index is 735. The van der Waals surface area contributed by atoms with Gasteiger partial charge in [0.25, 0.3) is 0 Å². The molecule has 0 aliphatic carbocycles. The monoisotopic (exact) mass is 362 g/mol. The third-order valence-corrected chi connectivity index (χ3v) is 4.17. The number of carbonyl (C=O) groups excluding carboxylic acids is 1. The van der Waals surface area contributed by atoms with Crippen molar-refractivity contribution in [2.45, 2.75) is 13.3 Å². The number of carbonyl (C=O) groups is 1. The minimum absolute atomic E-state index is 0.134. The summed E-state index contributed by atoms with van der Waals surface area (Å²) in [5, 5.41) is 6.58. The second-order valence-electron chi connectivity index (χ2n) is 5.63. The van der Waals surface area contributed by atoms with E-state index in [0.29, 0.717) is 23.0 Å². The molecule has 2 aromatic rings. The Kier molecular flexibility index (Phi) is 7.10. The number of amides is 1. The first kappa shape index (κ1) is 19.1. The lowest BCUT2D eigenvalue weighted by atomic mass is 10.1. The van der Waals surface area contributed by atoms with Crippen LogP contribution in [0.15, 0.2) is 36.4 Å². The van der Waals surface area contributed by atoms with E-state index < -0.39 is 0 Å². The van der Waals surface area contributed by atoms with Crippen LogP contribution in [-0.2, 0) is 11.2 Å². The minimum Gasteiger partial charge on any atom is -0.497 e. The Morgan fingerprint density at radius 1 is 1.16 bits per heavy atom. The standard InChI is InChI=1S/C19H23ClN2O3/c1-13-9-17(18(25-3)11-16(13)20)22-19(23)12-21-8-7-14-5-4-6-15(10-14)24-2/h4-6,9-11,21H,7-8,12H2,1-3H3,(H,22,23). The molecular weight excluding hydrogens is 340 g/mol. The highest BCUT2D eigenvalue weighted by Gasteiger charge is 2.10. The number of hydrogen-bond acceptors (Lipinski definition) is 4. The number of nitrogens with one attached hydrogen (secondary N) is 2. The van der Waals surface area contributed by atoms with E-state index in [2.05, 4.69) is 10.6 Å². The third kappa shape index (κ3) is 5.66. The molecule has 25 heavy (non-hydrogen) atoms. The zero-order valence-corrected chi connectivity index (χ0v) is 15.4. The van der Waals surface area contributed by atoms with Crippen molar-refractivity contribution in [3.8, 4) is 11.5 Å². The summed E-state index contributed by atoms with van der Waals surface area (Å²) in [6.45, 7) is 2.79. The first-order valence-corrected chi connectivity index (χ1v) is 8.39. The lowest BCUT2D eigenvalue weighted by Gasteiger charge is -2.12. The fourth-order valence-corrected chi connectivity index (χ4v) is 2.54. The number of rotatable bonds is 8. The molecule has 0 spiro atoms. The SMILES string of the molecule is COc1cccc(CCNCC(=O)Nc2cc(C)c(Cl)cc2OC)c1. The van der Waals surface area contributed by atoms with E-state index in [0.717, 1.165) is 23.3 Å². The third-order valence-electron chi connectivity index (χ3n) is 3.76. The Hall–Kier alpha value is -2.24. The van der Waals surface area contributed by atoms with E-state index in [9.17, 15) is 4.79 Å². The summed E-state index contributed by atoms with van der Waals surface area (Å²) < 4.78 is 10.5. The number of methoxy groups -OCH3 is 2. The lowest BCUT2D eigenvalue weighted by Crippen LogP contribution is -2.29. The molecule has 2 N–H and O–H groups in total. The van der Waals surface area contributed by atoms with Crippen LogP contribution in [0, 0.1) is 6.92 Å². The predicted octanol–water partition coefficient (Wildman–Crippen LogP) is 3.44. The van der Waals surface area contributed by atoms with Crippen molar-refractivity contribution >= 4 is 23.2 Å². The predicted molar refractivity (Wildman–Crippen MR) is 101 cm³/mol. The second-order valence-corrected chi connectivity index (χ2v) is 6.04. The highest BCUT2D eigenvalue weighted by atomic mass is 35.5. The fourth-order valence-electron chi connectivity index (χ4n) is 2.39. The van der Waals surface area contributed by atoms with Crippen molar-refractivity contribution in [3.63, 3.8) is 0 Å². The minimum atomic E-state index is -0.134. The van der Waals surface area contributed by atoms with Crippen LogP contribution in [0.4, 0.5) is 5.69 Å². The van der Waals surface area contributed by atoms with Crippen LogP contribution in [-0.4, -0.2) is 33.2 Å². The summed E-state index contributed by atoms with van der Waals surface area (Å²) in [4.78, 5) is 12.1. The summed E-state index contributed by atoms with van der Waals surface area (Å²) in [6, 6.07) is 11.4. The molecule has 0 aromatic heterocycles. The maximum atomic E-state index is 12.1. The van der Waals surface area contributed by atoms with Crippen LogP contribution in [0.3, 0.4) is 0 Å². The molecule has 6 heteroatoms. The second kappa shape index (κ2) is 9.30. The Labute approximate surface area is 153 Å². The smallest absolute Gasteiger partial charge is 0.238 e. The van der Waals surface area contributed by atoms with E-state index >= 15 is 0 Å². The molecule has 1 amide bonds. The Balaban J connectivity index is 1.82. The molecule has 0 bridgehead atoms. The van der Waals surface area contributed by atoms with E-state index in [-0.39, 0.29) is 12.5 Å². The van der Waals surface area contributed by atoms with Crippen molar-refractivity contribution in [3.05, 3.63) is 52.5 Å². The van der Waals surface area contributed by atoms with Gasteiger partial charge in [0.2, 0.25) is 5.91 Å². The number of ether oxygens (including phenoxy) is 2. The first-order valence-electron chi connectivity index (χ1n) is 8.01. The molecule has 0 saturated heterocycles. The molecule has 5 nitrogen and oxygen atoms in total. The number of hydrogen-bond donors (Lipinski definition) is 2. The summed E-state index contributed by atoms with van der Waals surface area (Å²) in [6.07, 6.45) is 0.813. The van der Waals surface area contributed by atoms with Gasteiger partial charge in [-0.3, -0.25) is 4.79 Å². The quantitative estimate of drug-likeness (QED) is 0.706. The average Bonchev–Trinajstić information content (AvgIpc) is 2.61. The van der Waals surface area contributed by atoms with Crippen LogP contribution in [0.5, 0.6) is 11.5 Å². The molecule has 2 aromatic carbocycles. The molecule has 0 heterocycles. The van der Waals surface area contributed by atoms with Crippen LogP contribution >= 0.6 is 11.6 Å². The van der Waals surface area contributed by atoms with Crippen molar-refractivity contribution < 1.29 is 14.3 Å². The van der Waals surface area contributed by atoms with Gasteiger partial charge >= 0.3 is 0 Å². The maximum absolute atomic E-state index is 12.1. The van der Waals surface area contributed by atoms with Crippen molar-refractivity contribution in [2.24, 2.45) is 0 Å². The average molecular weight is 363 g/mol. The van der Waals surface area contributed by atoms with Crippen LogP contribution in [0.2, 0.25) is 5.02 Å². The Morgan fingerprint density at radius 3 is 2.68 bits per heavy atom. The van der Waals surface area contributed by atoms with Gasteiger partial charge in [-0.2, -0.15) is 0 Å². The summed E-state index contributed by atoms with van der Waals surface area (Å²) >= 11 is 6.07. The van der Waals surface area contributed by atoms with Crippen LogP contribution in [0.25, 0.3) is 0 Å². The van der Waals surface area contributed by atoms with Gasteiger partial charge in [-0.1, -0.05) is 23.7 Å². The highest BCUT2D eigenvalue weighted by Crippen LogP contribution is 2.30. The van der Waals surface area contributed by atoms with Crippen LogP contribution in [0.1, 0.15) is 11.1 Å². The van der Waals surface area contributed by atoms with Crippen molar-refractivity contribution in [1.82, 2.24) is 5.32 Å². The van der Waals surface area contributed by atoms with E-state index in [1.807, 2.05) is 31.2 Å². The zero-order valence-electron chi connectivity index (χ0n) is 14.7. The van der Waals surface area contributed by atoms with E-state index in [1.165, 1.54) is 0 Å². The Morgan fingerprint density at radius 2 is 1.96 bits per heavy atom. The molecular formula is C19H23ClN2O3. The molecule has 0 fully saturated rings. The molecule has 0 saturated carbocycles. The van der Waals surface area contributed by atoms with Gasteiger partial charge in [0, 0.05) is 11.1 Å². The fraction of sp³-hybridized carbons (Fsp3) is 0.316. The van der Waals surface area contributed by atoms with Gasteiger partial charge in [-0.25, -0.2) is 0 Å². The van der Waals surface area contributed by atoms with Gasteiger partial charge in [0.05, 0.1) is 26.5 Å². The molecule has 0 aliphatic rings. The van der Waals surface area contributed by atoms with Crippen molar-refractivity contribution in [2.75, 3.05) is 32.6 Å². The first-order chi connectivity index (χ1) is 12.0. The number of anilines is 1. The molecule has 0 radical (unpaired) electrons. The molecule has 0 unspecified atom stereocenters. The van der Waals surface area contributed by atoms with Gasteiger partial charge < -0.3 is 20.1 Å². The van der Waals surface area contributed by atoms with E-state index in [4.69, 9.17) is 21.1 Å². The van der Waals surface area contributed by atoms with E-state index in [1.54, 1.807) is 26.4 Å². The number of aryl methyl sites for hydroxylation is 1. The van der Waals surface area contributed by atoms with Gasteiger partial charge in [0.1, 0.15) is 11.5 Å². The topological polar surface area (TPSA) is 59.6 Å². The largest absolute Gasteiger partial charge is 0.497 e. The van der Waals surface area contributed by atoms with Gasteiger partial charge in [-0.15, -0.1) is 0 Å². The lowest BCUT2D eigenvalue weighted by molar-refractivity contribution is -0.115. The summed E-state index contributed by atoms with van der Waals surface area (Å²) in [7, 11) is 3.19. The summed E-state index contributed by atoms with van der Waals surface area (Å²) in [5.41, 5.74) is 2.65. The van der Waals surface area contributed by atoms with Gasteiger partial charge in [0.15, 0.2) is 0 Å². The van der Waals surface area contributed by atoms with Crippen LogP contribution < -0.4 is 20.1 Å². The van der Waals surface area contributed by atoms with Gasteiger partial charge in [-0.05, 0) is 49.2 Å². The molecule has 0 aliphatic heterocycles. The molecule has 0 atom stereocenters. The number of benzene rings is 2. The maximum Gasteiger partial charge on any atom is 0.238 e. The molecule has 134 valence electrons. The highest BCUT2D eigenvalue weighted by molar-refractivity contribution is 6.31. The molecule has 2 rings (SSSR count). The van der Waals surface area contributed by atoms with Crippen molar-refractivity contribution in [1.29, 1.82) is 0 Å². The number of halogens is 1. The summed E-state index contributed by atoms with van der Waals surface area (Å²) in [5.74, 6) is 1.24. The zero-order chi connectivity index (χ0) is 18.2.